The summed E-state index contributed by atoms with van der Waals surface area (Å²) in [5, 5.41) is 7.00. The number of aryl methyl sites for hydroxylation is 2. The van der Waals surface area contributed by atoms with Gasteiger partial charge in [-0.1, -0.05) is 0 Å². The van der Waals surface area contributed by atoms with Crippen LogP contribution in [0.4, 0.5) is 0 Å². The maximum atomic E-state index is 5.20. The Balaban J connectivity index is 3.00. The molecule has 0 amide bonds. The molecule has 0 aliphatic rings. The molecular formula is C8H14N2O. The molecule has 0 aliphatic carbocycles. The SMILES string of the molecule is CO[C@@H](C)c1c(C)n[nH]c1C. The molecule has 1 N–H and O–H groups in total. The van der Waals surface area contributed by atoms with Gasteiger partial charge in [0.25, 0.3) is 0 Å². The van der Waals surface area contributed by atoms with Gasteiger partial charge in [-0.2, -0.15) is 5.10 Å². The van der Waals surface area contributed by atoms with Crippen molar-refractivity contribution < 1.29 is 4.74 Å². The molecule has 0 saturated heterocycles. The number of aromatic nitrogens is 2. The summed E-state index contributed by atoms with van der Waals surface area (Å²) in [7, 11) is 1.70. The Morgan fingerprint density at radius 1 is 1.45 bits per heavy atom. The zero-order valence-corrected chi connectivity index (χ0v) is 7.43. The first kappa shape index (κ1) is 8.27. The van der Waals surface area contributed by atoms with E-state index in [1.54, 1.807) is 7.11 Å². The van der Waals surface area contributed by atoms with Crippen LogP contribution >= 0.6 is 0 Å². The minimum Gasteiger partial charge on any atom is -0.377 e. The molecule has 0 radical (unpaired) electrons. The molecule has 0 saturated carbocycles. The largest absolute Gasteiger partial charge is 0.377 e. The van der Waals surface area contributed by atoms with Crippen LogP contribution in [0.25, 0.3) is 0 Å². The second-order valence-corrected chi connectivity index (χ2v) is 2.73. The lowest BCUT2D eigenvalue weighted by molar-refractivity contribution is 0.118. The number of nitrogens with one attached hydrogen (secondary N) is 1. The molecule has 1 rings (SSSR count). The number of hydrogen-bond donors (Lipinski definition) is 1. The lowest BCUT2D eigenvalue weighted by atomic mass is 10.1. The fourth-order valence-corrected chi connectivity index (χ4v) is 1.28. The highest BCUT2D eigenvalue weighted by Crippen LogP contribution is 2.20. The van der Waals surface area contributed by atoms with E-state index in [-0.39, 0.29) is 6.10 Å². The van der Waals surface area contributed by atoms with Crippen molar-refractivity contribution in [2.24, 2.45) is 0 Å². The zero-order chi connectivity index (χ0) is 8.43. The first-order valence-electron chi connectivity index (χ1n) is 3.71. The Morgan fingerprint density at radius 2 is 2.09 bits per heavy atom. The van der Waals surface area contributed by atoms with Crippen LogP contribution in [0.5, 0.6) is 0 Å². The number of aromatic amines is 1. The zero-order valence-electron chi connectivity index (χ0n) is 7.43. The smallest absolute Gasteiger partial charge is 0.0828 e. The van der Waals surface area contributed by atoms with Gasteiger partial charge >= 0.3 is 0 Å². The van der Waals surface area contributed by atoms with Crippen LogP contribution in [0.2, 0.25) is 0 Å². The third-order valence-electron chi connectivity index (χ3n) is 1.95. The van der Waals surface area contributed by atoms with E-state index in [2.05, 4.69) is 10.2 Å². The third-order valence-corrected chi connectivity index (χ3v) is 1.95. The van der Waals surface area contributed by atoms with E-state index in [4.69, 9.17) is 4.74 Å². The first-order chi connectivity index (χ1) is 5.16. The van der Waals surface area contributed by atoms with E-state index in [9.17, 15) is 0 Å². The minimum atomic E-state index is 0.133. The maximum absolute atomic E-state index is 5.20. The molecule has 1 aromatic heterocycles. The molecule has 0 fully saturated rings. The average Bonchev–Trinajstić information content (AvgIpc) is 2.30. The summed E-state index contributed by atoms with van der Waals surface area (Å²) >= 11 is 0. The lowest BCUT2D eigenvalue weighted by Crippen LogP contribution is -1.98. The standard InChI is InChI=1S/C8H14N2O/c1-5-8(7(3)11-4)6(2)10-9-5/h7H,1-4H3,(H,9,10)/t7-/m0/s1. The molecule has 0 aromatic carbocycles. The quantitative estimate of drug-likeness (QED) is 0.704. The highest BCUT2D eigenvalue weighted by atomic mass is 16.5. The van der Waals surface area contributed by atoms with Crippen LogP contribution in [0.3, 0.4) is 0 Å². The maximum Gasteiger partial charge on any atom is 0.0828 e. The summed E-state index contributed by atoms with van der Waals surface area (Å²) in [6, 6.07) is 0. The fraction of sp³-hybridized carbons (Fsp3) is 0.625. The Labute approximate surface area is 66.8 Å². The van der Waals surface area contributed by atoms with Crippen LogP contribution in [-0.2, 0) is 4.74 Å². The first-order valence-corrected chi connectivity index (χ1v) is 3.71. The van der Waals surface area contributed by atoms with Crippen LogP contribution in [0.1, 0.15) is 30.0 Å². The second kappa shape index (κ2) is 3.05. The lowest BCUT2D eigenvalue weighted by Gasteiger charge is -2.08. The molecule has 1 heterocycles. The van der Waals surface area contributed by atoms with Gasteiger partial charge in [0, 0.05) is 18.4 Å². The summed E-state index contributed by atoms with van der Waals surface area (Å²) in [4.78, 5) is 0. The summed E-state index contributed by atoms with van der Waals surface area (Å²) in [6.07, 6.45) is 0.133. The number of hydrogen-bond acceptors (Lipinski definition) is 2. The molecule has 0 bridgehead atoms. The molecule has 0 aliphatic heterocycles. The second-order valence-electron chi connectivity index (χ2n) is 2.73. The van der Waals surface area contributed by atoms with E-state index >= 15 is 0 Å². The Bertz CT molecular complexity index is 223. The van der Waals surface area contributed by atoms with E-state index in [1.165, 1.54) is 5.56 Å². The van der Waals surface area contributed by atoms with Crippen molar-refractivity contribution in [2.45, 2.75) is 26.9 Å². The van der Waals surface area contributed by atoms with Crippen molar-refractivity contribution in [3.63, 3.8) is 0 Å². The molecule has 0 spiro atoms. The molecule has 0 unspecified atom stereocenters. The van der Waals surface area contributed by atoms with Gasteiger partial charge in [-0.25, -0.2) is 0 Å². The van der Waals surface area contributed by atoms with Crippen LogP contribution in [-0.4, -0.2) is 17.3 Å². The normalized spacial score (nSPS) is 13.5. The van der Waals surface area contributed by atoms with Crippen LogP contribution in [0, 0.1) is 13.8 Å². The number of H-pyrrole nitrogens is 1. The van der Waals surface area contributed by atoms with Gasteiger partial charge in [0.05, 0.1) is 11.8 Å². The van der Waals surface area contributed by atoms with Crippen molar-refractivity contribution in [2.75, 3.05) is 7.11 Å². The fourth-order valence-electron chi connectivity index (χ4n) is 1.28. The summed E-state index contributed by atoms with van der Waals surface area (Å²) in [5.41, 5.74) is 3.29. The van der Waals surface area contributed by atoms with Crippen molar-refractivity contribution in [1.82, 2.24) is 10.2 Å². The summed E-state index contributed by atoms with van der Waals surface area (Å²) < 4.78 is 5.20. The molecule has 62 valence electrons. The van der Waals surface area contributed by atoms with Gasteiger partial charge in [0.1, 0.15) is 0 Å². The number of ether oxygens (including phenoxy) is 1. The average molecular weight is 154 g/mol. The van der Waals surface area contributed by atoms with Crippen molar-refractivity contribution in [3.05, 3.63) is 17.0 Å². The highest BCUT2D eigenvalue weighted by Gasteiger charge is 2.12. The minimum absolute atomic E-state index is 0.133. The van der Waals surface area contributed by atoms with E-state index < -0.39 is 0 Å². The van der Waals surface area contributed by atoms with Gasteiger partial charge in [-0.3, -0.25) is 5.10 Å². The predicted octanol–water partition coefficient (Wildman–Crippen LogP) is 1.73. The molecular weight excluding hydrogens is 140 g/mol. The van der Waals surface area contributed by atoms with Crippen molar-refractivity contribution in [1.29, 1.82) is 0 Å². The van der Waals surface area contributed by atoms with Gasteiger partial charge in [-0.05, 0) is 20.8 Å². The predicted molar refractivity (Wildman–Crippen MR) is 43.5 cm³/mol. The molecule has 1 aromatic rings. The number of methoxy groups -OCH3 is 1. The van der Waals surface area contributed by atoms with Gasteiger partial charge < -0.3 is 4.74 Å². The van der Waals surface area contributed by atoms with Gasteiger partial charge in [0.2, 0.25) is 0 Å². The van der Waals surface area contributed by atoms with E-state index in [0.717, 1.165) is 11.4 Å². The Morgan fingerprint density at radius 3 is 2.45 bits per heavy atom. The number of nitrogens with zero attached hydrogens (tertiary/aromatic N) is 1. The topological polar surface area (TPSA) is 37.9 Å². The van der Waals surface area contributed by atoms with Crippen LogP contribution in [0.15, 0.2) is 0 Å². The van der Waals surface area contributed by atoms with Crippen LogP contribution < -0.4 is 0 Å². The molecule has 11 heavy (non-hydrogen) atoms. The van der Waals surface area contributed by atoms with Gasteiger partial charge in [-0.15, -0.1) is 0 Å². The van der Waals surface area contributed by atoms with Gasteiger partial charge in [0.15, 0.2) is 0 Å². The van der Waals surface area contributed by atoms with Crippen molar-refractivity contribution in [3.8, 4) is 0 Å². The summed E-state index contributed by atoms with van der Waals surface area (Å²) in [5.74, 6) is 0. The van der Waals surface area contributed by atoms with E-state index in [0.29, 0.717) is 0 Å². The monoisotopic (exact) mass is 154 g/mol. The highest BCUT2D eigenvalue weighted by molar-refractivity contribution is 5.25. The Hall–Kier alpha value is -0.830. The molecule has 3 nitrogen and oxygen atoms in total. The van der Waals surface area contributed by atoms with E-state index in [1.807, 2.05) is 20.8 Å². The molecule has 1 atom stereocenters. The summed E-state index contributed by atoms with van der Waals surface area (Å²) in [6.45, 7) is 6.00. The molecule has 3 heteroatoms. The van der Waals surface area contributed by atoms with Crippen molar-refractivity contribution >= 4 is 0 Å². The Kier molecular flexibility index (Phi) is 2.29. The third kappa shape index (κ3) is 1.43. The number of rotatable bonds is 2.